The molecule has 0 radical (unpaired) electrons. The molecule has 0 heterocycles. The van der Waals surface area contributed by atoms with E-state index in [0.717, 1.165) is 0 Å². The Morgan fingerprint density at radius 1 is 1.20 bits per heavy atom. The molecule has 0 aliphatic heterocycles. The molecule has 6 heteroatoms. The van der Waals surface area contributed by atoms with Gasteiger partial charge in [0.2, 0.25) is 5.91 Å². The smallest absolute Gasteiger partial charge is 0.320 e. The van der Waals surface area contributed by atoms with Crippen molar-refractivity contribution in [3.05, 3.63) is 0 Å². The van der Waals surface area contributed by atoms with Gasteiger partial charge in [-0.3, -0.25) is 14.4 Å². The number of nitrogens with two attached hydrogens (primary N) is 2. The number of ketones is 1. The molecule has 86 valence electrons. The molecular weight excluding hydrogens is 200 g/mol. The predicted octanol–water partition coefficient (Wildman–Crippen LogP) is -0.597. The lowest BCUT2D eigenvalue weighted by Crippen LogP contribution is -2.29. The van der Waals surface area contributed by atoms with Crippen molar-refractivity contribution in [1.29, 1.82) is 0 Å². The largest absolute Gasteiger partial charge is 0.480 e. The van der Waals surface area contributed by atoms with E-state index in [9.17, 15) is 14.4 Å². The van der Waals surface area contributed by atoms with E-state index >= 15 is 0 Å². The van der Waals surface area contributed by atoms with E-state index in [0.29, 0.717) is 19.3 Å². The van der Waals surface area contributed by atoms with E-state index in [1.807, 2.05) is 0 Å². The third kappa shape index (κ3) is 7.63. The molecule has 0 aliphatic carbocycles. The summed E-state index contributed by atoms with van der Waals surface area (Å²) < 4.78 is 0. The fraction of sp³-hybridized carbons (Fsp3) is 0.667. The van der Waals surface area contributed by atoms with Gasteiger partial charge in [0, 0.05) is 6.42 Å². The molecule has 6 nitrogen and oxygen atoms in total. The Morgan fingerprint density at radius 3 is 2.27 bits per heavy atom. The maximum absolute atomic E-state index is 11.0. The van der Waals surface area contributed by atoms with Crippen LogP contribution in [0.1, 0.15) is 32.1 Å². The standard InChI is InChI=1S/C9H16N2O4/c10-7(9(14)15)4-2-1-3-6(12)5-8(11)13/h7H,1-5,10H2,(H2,11,13)(H,14,15)/t7-/m0/s1. The highest BCUT2D eigenvalue weighted by Crippen LogP contribution is 2.04. The summed E-state index contributed by atoms with van der Waals surface area (Å²) in [4.78, 5) is 31.6. The Morgan fingerprint density at radius 2 is 1.80 bits per heavy atom. The van der Waals surface area contributed by atoms with Gasteiger partial charge < -0.3 is 16.6 Å². The van der Waals surface area contributed by atoms with E-state index in [-0.39, 0.29) is 18.6 Å². The number of carboxylic acid groups (broad SMARTS) is 1. The van der Waals surface area contributed by atoms with Gasteiger partial charge in [0.15, 0.2) is 0 Å². The van der Waals surface area contributed by atoms with E-state index in [1.165, 1.54) is 0 Å². The number of unbranched alkanes of at least 4 members (excludes halogenated alkanes) is 1. The van der Waals surface area contributed by atoms with Crippen molar-refractivity contribution in [2.24, 2.45) is 11.5 Å². The van der Waals surface area contributed by atoms with Gasteiger partial charge >= 0.3 is 5.97 Å². The van der Waals surface area contributed by atoms with Gasteiger partial charge in [-0.15, -0.1) is 0 Å². The van der Waals surface area contributed by atoms with Gasteiger partial charge in [0.25, 0.3) is 0 Å². The van der Waals surface area contributed by atoms with Crippen LogP contribution in [0.15, 0.2) is 0 Å². The lowest BCUT2D eigenvalue weighted by molar-refractivity contribution is -0.138. The number of carbonyl (C=O) groups excluding carboxylic acids is 2. The monoisotopic (exact) mass is 216 g/mol. The van der Waals surface area contributed by atoms with Crippen LogP contribution in [0.25, 0.3) is 0 Å². The number of amides is 1. The summed E-state index contributed by atoms with van der Waals surface area (Å²) in [5.74, 6) is -1.90. The molecule has 0 aliphatic rings. The van der Waals surface area contributed by atoms with Crippen LogP contribution in [0.3, 0.4) is 0 Å². The van der Waals surface area contributed by atoms with E-state index in [1.54, 1.807) is 0 Å². The van der Waals surface area contributed by atoms with Gasteiger partial charge in [0.05, 0.1) is 6.42 Å². The first-order chi connectivity index (χ1) is 6.93. The second-order valence-corrected chi connectivity index (χ2v) is 3.37. The third-order valence-electron chi connectivity index (χ3n) is 1.91. The molecular formula is C9H16N2O4. The maximum atomic E-state index is 11.0. The summed E-state index contributed by atoms with van der Waals surface area (Å²) in [5.41, 5.74) is 10.1. The number of carbonyl (C=O) groups is 3. The highest BCUT2D eigenvalue weighted by molar-refractivity contribution is 5.97. The highest BCUT2D eigenvalue weighted by atomic mass is 16.4. The molecule has 0 fully saturated rings. The molecule has 0 aromatic carbocycles. The Hall–Kier alpha value is -1.43. The molecule has 0 rings (SSSR count). The van der Waals surface area contributed by atoms with Crippen LogP contribution in [0.5, 0.6) is 0 Å². The van der Waals surface area contributed by atoms with Gasteiger partial charge in [-0.05, 0) is 12.8 Å². The van der Waals surface area contributed by atoms with Crippen molar-refractivity contribution in [2.75, 3.05) is 0 Å². The van der Waals surface area contributed by atoms with Crippen LogP contribution in [-0.2, 0) is 14.4 Å². The molecule has 0 aromatic rings. The number of primary amides is 1. The summed E-state index contributed by atoms with van der Waals surface area (Å²) in [6.07, 6.45) is 1.42. The number of hydrogen-bond acceptors (Lipinski definition) is 4. The summed E-state index contributed by atoms with van der Waals surface area (Å²) in [6, 6.07) is -0.878. The predicted molar refractivity (Wildman–Crippen MR) is 52.9 cm³/mol. The van der Waals surface area contributed by atoms with Gasteiger partial charge in [-0.2, -0.15) is 0 Å². The number of carboxylic acids is 1. The molecule has 15 heavy (non-hydrogen) atoms. The summed E-state index contributed by atoms with van der Waals surface area (Å²) in [5, 5.41) is 8.46. The molecule has 1 atom stereocenters. The fourth-order valence-corrected chi connectivity index (χ4v) is 1.09. The minimum absolute atomic E-state index is 0.216. The Kier molecular flexibility index (Phi) is 6.28. The van der Waals surface area contributed by atoms with E-state index < -0.39 is 17.9 Å². The van der Waals surface area contributed by atoms with Crippen molar-refractivity contribution < 1.29 is 19.5 Å². The van der Waals surface area contributed by atoms with Crippen LogP contribution in [0, 0.1) is 0 Å². The highest BCUT2D eigenvalue weighted by Gasteiger charge is 2.11. The first-order valence-corrected chi connectivity index (χ1v) is 4.72. The average Bonchev–Trinajstić information content (AvgIpc) is 2.10. The summed E-state index contributed by atoms with van der Waals surface area (Å²) in [6.45, 7) is 0. The van der Waals surface area contributed by atoms with Crippen LogP contribution in [0.2, 0.25) is 0 Å². The second-order valence-electron chi connectivity index (χ2n) is 3.37. The van der Waals surface area contributed by atoms with Crippen molar-refractivity contribution in [1.82, 2.24) is 0 Å². The van der Waals surface area contributed by atoms with Crippen molar-refractivity contribution in [2.45, 2.75) is 38.1 Å². The topological polar surface area (TPSA) is 123 Å². The quantitative estimate of drug-likeness (QED) is 0.369. The van der Waals surface area contributed by atoms with E-state index in [4.69, 9.17) is 16.6 Å². The zero-order chi connectivity index (χ0) is 11.8. The van der Waals surface area contributed by atoms with Gasteiger partial charge in [0.1, 0.15) is 11.8 Å². The first kappa shape index (κ1) is 13.6. The average molecular weight is 216 g/mol. The van der Waals surface area contributed by atoms with Crippen molar-refractivity contribution in [3.8, 4) is 0 Å². The minimum Gasteiger partial charge on any atom is -0.480 e. The molecule has 0 bridgehead atoms. The summed E-state index contributed by atoms with van der Waals surface area (Å²) in [7, 11) is 0. The molecule has 0 spiro atoms. The molecule has 5 N–H and O–H groups in total. The molecule has 0 unspecified atom stereocenters. The number of rotatable bonds is 8. The number of aliphatic carboxylic acids is 1. The number of hydrogen-bond donors (Lipinski definition) is 3. The molecule has 1 amide bonds. The van der Waals surface area contributed by atoms with Crippen molar-refractivity contribution in [3.63, 3.8) is 0 Å². The molecule has 0 aromatic heterocycles. The van der Waals surface area contributed by atoms with Crippen molar-refractivity contribution >= 4 is 17.7 Å². The fourth-order valence-electron chi connectivity index (χ4n) is 1.09. The van der Waals surface area contributed by atoms with Crippen LogP contribution >= 0.6 is 0 Å². The maximum Gasteiger partial charge on any atom is 0.320 e. The number of Topliss-reactive ketones (excluding diaryl/α,β-unsaturated/α-hetero) is 1. The van der Waals surface area contributed by atoms with Gasteiger partial charge in [-0.25, -0.2) is 0 Å². The van der Waals surface area contributed by atoms with Gasteiger partial charge in [-0.1, -0.05) is 6.42 Å². The Labute approximate surface area is 87.6 Å². The van der Waals surface area contributed by atoms with E-state index in [2.05, 4.69) is 0 Å². The molecule has 0 saturated carbocycles. The normalized spacial score (nSPS) is 12.1. The molecule has 0 saturated heterocycles. The lowest BCUT2D eigenvalue weighted by Gasteiger charge is -2.04. The summed E-state index contributed by atoms with van der Waals surface area (Å²) >= 11 is 0. The SMILES string of the molecule is NC(=O)CC(=O)CCCC[C@H](N)C(=O)O. The minimum atomic E-state index is -1.04. The lowest BCUT2D eigenvalue weighted by atomic mass is 10.1. The van der Waals surface area contributed by atoms with Crippen LogP contribution < -0.4 is 11.5 Å². The first-order valence-electron chi connectivity index (χ1n) is 4.72. The zero-order valence-corrected chi connectivity index (χ0v) is 8.44. The zero-order valence-electron chi connectivity index (χ0n) is 8.44. The van der Waals surface area contributed by atoms with Crippen LogP contribution in [-0.4, -0.2) is 28.8 Å². The Balaban J connectivity index is 3.50. The Bertz CT molecular complexity index is 252. The second kappa shape index (κ2) is 6.94. The third-order valence-corrected chi connectivity index (χ3v) is 1.91. The van der Waals surface area contributed by atoms with Crippen LogP contribution in [0.4, 0.5) is 0 Å².